The highest BCUT2D eigenvalue weighted by atomic mass is 32.1. The maximum absolute atomic E-state index is 11.3. The fraction of sp³-hybridized carbons (Fsp3) is 0.667. The van der Waals surface area contributed by atoms with Gasteiger partial charge < -0.3 is 9.80 Å². The largest absolute Gasteiger partial charge is 0.344 e. The van der Waals surface area contributed by atoms with Gasteiger partial charge in [-0.25, -0.2) is 4.98 Å². The Bertz CT molecular complexity index is 402. The molecule has 1 saturated heterocycles. The molecule has 2 rings (SSSR count). The predicted octanol–water partition coefficient (Wildman–Crippen LogP) is 1.88. The molecule has 1 aliphatic rings. The molecule has 0 N–H and O–H groups in total. The standard InChI is InChI=1S/C12H19N3OS/c1-9(16)11-8-17-12(13-11)15-6-4-5-10(15)7-14(2)3/h8,10H,4-7H2,1-3H3. The number of hydrogen-bond acceptors (Lipinski definition) is 5. The van der Waals surface area contributed by atoms with E-state index in [2.05, 4.69) is 28.9 Å². The lowest BCUT2D eigenvalue weighted by atomic mass is 10.2. The Kier molecular flexibility index (Phi) is 3.79. The molecule has 0 saturated carbocycles. The number of anilines is 1. The Morgan fingerprint density at radius 1 is 1.65 bits per heavy atom. The molecule has 1 atom stereocenters. The maximum Gasteiger partial charge on any atom is 0.186 e. The highest BCUT2D eigenvalue weighted by molar-refractivity contribution is 7.14. The number of aromatic nitrogens is 1. The third kappa shape index (κ3) is 2.84. The summed E-state index contributed by atoms with van der Waals surface area (Å²) in [5.41, 5.74) is 0.598. The van der Waals surface area contributed by atoms with Gasteiger partial charge in [0.05, 0.1) is 0 Å². The summed E-state index contributed by atoms with van der Waals surface area (Å²) in [6, 6.07) is 0.538. The van der Waals surface area contributed by atoms with E-state index in [1.54, 1.807) is 18.3 Å². The van der Waals surface area contributed by atoms with Crippen LogP contribution in [0, 0.1) is 0 Å². The van der Waals surface area contributed by atoms with Gasteiger partial charge in [0.1, 0.15) is 5.69 Å². The first-order valence-corrected chi connectivity index (χ1v) is 6.83. The van der Waals surface area contributed by atoms with E-state index in [0.717, 1.165) is 18.2 Å². The lowest BCUT2D eigenvalue weighted by Gasteiger charge is -2.26. The first kappa shape index (κ1) is 12.5. The summed E-state index contributed by atoms with van der Waals surface area (Å²) in [7, 11) is 4.19. The second-order valence-electron chi connectivity index (χ2n) is 4.82. The van der Waals surface area contributed by atoms with Crippen molar-refractivity contribution >= 4 is 22.3 Å². The van der Waals surface area contributed by atoms with Crippen LogP contribution in [0.5, 0.6) is 0 Å². The van der Waals surface area contributed by atoms with Crippen molar-refractivity contribution in [1.82, 2.24) is 9.88 Å². The minimum absolute atomic E-state index is 0.0517. The number of carbonyl (C=O) groups excluding carboxylic acids is 1. The molecule has 0 aliphatic carbocycles. The van der Waals surface area contributed by atoms with Gasteiger partial charge in [-0.3, -0.25) is 4.79 Å². The van der Waals surface area contributed by atoms with Gasteiger partial charge >= 0.3 is 0 Å². The molecule has 0 amide bonds. The Hall–Kier alpha value is -0.940. The van der Waals surface area contributed by atoms with Crippen LogP contribution in [0.1, 0.15) is 30.3 Å². The van der Waals surface area contributed by atoms with E-state index < -0.39 is 0 Å². The zero-order valence-electron chi connectivity index (χ0n) is 10.6. The van der Waals surface area contributed by atoms with Crippen LogP contribution in [-0.2, 0) is 0 Å². The predicted molar refractivity (Wildman–Crippen MR) is 71.0 cm³/mol. The van der Waals surface area contributed by atoms with Gasteiger partial charge in [-0.1, -0.05) is 0 Å². The third-order valence-corrected chi connectivity index (χ3v) is 3.93. The van der Waals surface area contributed by atoms with E-state index in [-0.39, 0.29) is 5.78 Å². The molecule has 1 aromatic rings. The van der Waals surface area contributed by atoms with Crippen molar-refractivity contribution in [3.8, 4) is 0 Å². The van der Waals surface area contributed by atoms with Crippen molar-refractivity contribution < 1.29 is 4.79 Å². The van der Waals surface area contributed by atoms with Crippen LogP contribution in [0.15, 0.2) is 5.38 Å². The van der Waals surface area contributed by atoms with E-state index in [4.69, 9.17) is 0 Å². The van der Waals surface area contributed by atoms with Crippen molar-refractivity contribution in [2.24, 2.45) is 0 Å². The van der Waals surface area contributed by atoms with Crippen molar-refractivity contribution in [3.05, 3.63) is 11.1 Å². The van der Waals surface area contributed by atoms with Crippen molar-refractivity contribution in [2.75, 3.05) is 32.1 Å². The fourth-order valence-electron chi connectivity index (χ4n) is 2.26. The van der Waals surface area contributed by atoms with Crippen LogP contribution in [-0.4, -0.2) is 48.9 Å². The first-order valence-electron chi connectivity index (χ1n) is 5.96. The molecule has 94 valence electrons. The molecule has 0 radical (unpaired) electrons. The minimum Gasteiger partial charge on any atom is -0.344 e. The summed E-state index contributed by atoms with van der Waals surface area (Å²) < 4.78 is 0. The molecule has 17 heavy (non-hydrogen) atoms. The molecule has 4 nitrogen and oxygen atoms in total. The number of ketones is 1. The van der Waals surface area contributed by atoms with E-state index in [1.807, 2.05) is 5.38 Å². The quantitative estimate of drug-likeness (QED) is 0.768. The second-order valence-corrected chi connectivity index (χ2v) is 5.66. The van der Waals surface area contributed by atoms with Gasteiger partial charge in [-0.05, 0) is 26.9 Å². The number of nitrogens with zero attached hydrogens (tertiary/aromatic N) is 3. The number of Topliss-reactive ketones (excluding diaryl/α,β-unsaturated/α-hetero) is 1. The molecule has 1 aromatic heterocycles. The molecule has 5 heteroatoms. The highest BCUT2D eigenvalue weighted by Gasteiger charge is 2.27. The van der Waals surface area contributed by atoms with Gasteiger partial charge in [0.25, 0.3) is 0 Å². The number of carbonyl (C=O) groups is 1. The SMILES string of the molecule is CC(=O)c1csc(N2CCCC2CN(C)C)n1. The van der Waals surface area contributed by atoms with Gasteiger partial charge in [-0.2, -0.15) is 0 Å². The van der Waals surface area contributed by atoms with E-state index in [1.165, 1.54) is 12.8 Å². The molecule has 2 heterocycles. The van der Waals surface area contributed by atoms with Crippen LogP contribution < -0.4 is 4.90 Å². The van der Waals surface area contributed by atoms with Crippen molar-refractivity contribution in [1.29, 1.82) is 0 Å². The zero-order chi connectivity index (χ0) is 12.4. The normalized spacial score (nSPS) is 20.2. The molecular formula is C12H19N3OS. The minimum atomic E-state index is 0.0517. The highest BCUT2D eigenvalue weighted by Crippen LogP contribution is 2.28. The lowest BCUT2D eigenvalue weighted by Crippen LogP contribution is -2.37. The average molecular weight is 253 g/mol. The monoisotopic (exact) mass is 253 g/mol. The molecule has 1 aliphatic heterocycles. The summed E-state index contributed by atoms with van der Waals surface area (Å²) in [6.07, 6.45) is 2.43. The Morgan fingerprint density at radius 2 is 2.41 bits per heavy atom. The Labute approximate surface area is 106 Å². The summed E-state index contributed by atoms with van der Waals surface area (Å²) >= 11 is 1.58. The van der Waals surface area contributed by atoms with Gasteiger partial charge in [0, 0.05) is 31.4 Å². The summed E-state index contributed by atoms with van der Waals surface area (Å²) in [4.78, 5) is 20.2. The molecule has 0 bridgehead atoms. The number of rotatable bonds is 4. The lowest BCUT2D eigenvalue weighted by molar-refractivity contribution is 0.101. The topological polar surface area (TPSA) is 36.4 Å². The smallest absolute Gasteiger partial charge is 0.186 e. The van der Waals surface area contributed by atoms with Gasteiger partial charge in [0.2, 0.25) is 0 Å². The molecular weight excluding hydrogens is 234 g/mol. The molecule has 1 unspecified atom stereocenters. The first-order chi connectivity index (χ1) is 8.08. The Morgan fingerprint density at radius 3 is 3.00 bits per heavy atom. The van der Waals surface area contributed by atoms with Crippen molar-refractivity contribution in [2.45, 2.75) is 25.8 Å². The van der Waals surface area contributed by atoms with E-state index in [0.29, 0.717) is 11.7 Å². The van der Waals surface area contributed by atoms with Crippen LogP contribution in [0.3, 0.4) is 0 Å². The zero-order valence-corrected chi connectivity index (χ0v) is 11.5. The second kappa shape index (κ2) is 5.14. The molecule has 0 spiro atoms. The van der Waals surface area contributed by atoms with Crippen LogP contribution in [0.4, 0.5) is 5.13 Å². The summed E-state index contributed by atoms with van der Waals surface area (Å²) in [5.74, 6) is 0.0517. The van der Waals surface area contributed by atoms with Gasteiger partial charge in [0.15, 0.2) is 10.9 Å². The number of likely N-dealkylation sites (N-methyl/N-ethyl adjacent to an activating group) is 1. The maximum atomic E-state index is 11.3. The van der Waals surface area contributed by atoms with Gasteiger partial charge in [-0.15, -0.1) is 11.3 Å². The van der Waals surface area contributed by atoms with E-state index >= 15 is 0 Å². The summed E-state index contributed by atoms with van der Waals surface area (Å²) in [6.45, 7) is 3.68. The van der Waals surface area contributed by atoms with E-state index in [9.17, 15) is 4.79 Å². The number of hydrogen-bond donors (Lipinski definition) is 0. The third-order valence-electron chi connectivity index (χ3n) is 3.05. The fourth-order valence-corrected chi connectivity index (χ4v) is 3.22. The van der Waals surface area contributed by atoms with Crippen LogP contribution >= 0.6 is 11.3 Å². The van der Waals surface area contributed by atoms with Crippen LogP contribution in [0.2, 0.25) is 0 Å². The Balaban J connectivity index is 2.11. The summed E-state index contributed by atoms with van der Waals surface area (Å²) in [5, 5.41) is 2.86. The molecule has 1 fully saturated rings. The van der Waals surface area contributed by atoms with Crippen LogP contribution in [0.25, 0.3) is 0 Å². The molecule has 0 aromatic carbocycles. The van der Waals surface area contributed by atoms with Crippen molar-refractivity contribution in [3.63, 3.8) is 0 Å². The number of thiazole rings is 1. The average Bonchev–Trinajstić information content (AvgIpc) is 2.83.